The summed E-state index contributed by atoms with van der Waals surface area (Å²) in [4.78, 5) is 36.4. The molecule has 136 valence electrons. The number of benzene rings is 1. The van der Waals surface area contributed by atoms with Crippen molar-refractivity contribution in [3.63, 3.8) is 0 Å². The second kappa shape index (κ2) is 7.51. The van der Waals surface area contributed by atoms with E-state index in [4.69, 9.17) is 0 Å². The molecule has 1 aromatic heterocycles. The molecule has 1 heterocycles. The lowest BCUT2D eigenvalue weighted by atomic mass is 10.1. The summed E-state index contributed by atoms with van der Waals surface area (Å²) < 4.78 is 1.28. The maximum absolute atomic E-state index is 12.5. The lowest BCUT2D eigenvalue weighted by Gasteiger charge is -2.11. The maximum atomic E-state index is 12.5. The highest BCUT2D eigenvalue weighted by Crippen LogP contribution is 2.21. The fourth-order valence-corrected chi connectivity index (χ4v) is 2.52. The van der Waals surface area contributed by atoms with Crippen LogP contribution in [0.2, 0.25) is 0 Å². The second-order valence-electron chi connectivity index (χ2n) is 6.51. The van der Waals surface area contributed by atoms with E-state index in [1.165, 1.54) is 16.8 Å². The number of hydrogen-bond acceptors (Lipinski definition) is 4. The number of nitrogens with one attached hydrogen (secondary N) is 2. The summed E-state index contributed by atoms with van der Waals surface area (Å²) in [6, 6.07) is 8.20. The topological polar surface area (TPSA) is 93.1 Å². The van der Waals surface area contributed by atoms with E-state index < -0.39 is 5.91 Å². The highest BCUT2D eigenvalue weighted by atomic mass is 16.2. The van der Waals surface area contributed by atoms with Crippen LogP contribution >= 0.6 is 0 Å². The van der Waals surface area contributed by atoms with Gasteiger partial charge in [-0.25, -0.2) is 4.68 Å². The molecule has 0 radical (unpaired) electrons. The van der Waals surface area contributed by atoms with Crippen LogP contribution in [0.15, 0.2) is 35.1 Å². The normalized spacial score (nSPS) is 13.3. The van der Waals surface area contributed by atoms with Gasteiger partial charge in [0.15, 0.2) is 0 Å². The van der Waals surface area contributed by atoms with E-state index in [9.17, 15) is 14.4 Å². The molecule has 1 aromatic carbocycles. The van der Waals surface area contributed by atoms with Crippen LogP contribution in [0.25, 0.3) is 0 Å². The number of carbonyl (C=O) groups is 2. The van der Waals surface area contributed by atoms with Crippen LogP contribution in [0.3, 0.4) is 0 Å². The first-order chi connectivity index (χ1) is 12.5. The molecule has 7 heteroatoms. The summed E-state index contributed by atoms with van der Waals surface area (Å²) in [7, 11) is 0. The van der Waals surface area contributed by atoms with Gasteiger partial charge in [-0.1, -0.05) is 13.0 Å². The summed E-state index contributed by atoms with van der Waals surface area (Å²) in [5, 5.41) is 9.82. The summed E-state index contributed by atoms with van der Waals surface area (Å²) in [6.07, 6.45) is 2.77. The van der Waals surface area contributed by atoms with Gasteiger partial charge in [0, 0.05) is 29.9 Å². The third-order valence-electron chi connectivity index (χ3n) is 4.20. The highest BCUT2D eigenvalue weighted by molar-refractivity contribution is 6.04. The zero-order valence-electron chi connectivity index (χ0n) is 14.9. The van der Waals surface area contributed by atoms with Crippen molar-refractivity contribution in [3.05, 3.63) is 57.5 Å². The lowest BCUT2D eigenvalue weighted by molar-refractivity contribution is 0.0949. The van der Waals surface area contributed by atoms with Gasteiger partial charge in [-0.15, -0.1) is 0 Å². The van der Waals surface area contributed by atoms with Gasteiger partial charge >= 0.3 is 0 Å². The Balaban J connectivity index is 1.79. The molecule has 26 heavy (non-hydrogen) atoms. The van der Waals surface area contributed by atoms with Gasteiger partial charge in [0.1, 0.15) is 5.69 Å². The molecule has 1 aliphatic rings. The lowest BCUT2D eigenvalue weighted by Crippen LogP contribution is -2.27. The first kappa shape index (κ1) is 17.8. The number of aryl methyl sites for hydroxylation is 2. The van der Waals surface area contributed by atoms with E-state index in [1.54, 1.807) is 18.2 Å². The minimum atomic E-state index is -0.419. The molecule has 0 bridgehead atoms. The molecule has 0 atom stereocenters. The molecule has 0 unspecified atom stereocenters. The third kappa shape index (κ3) is 4.17. The van der Waals surface area contributed by atoms with Gasteiger partial charge in [-0.3, -0.25) is 14.4 Å². The molecule has 3 rings (SSSR count). The number of carbonyl (C=O) groups excluding carboxylic acids is 2. The molecule has 2 N–H and O–H groups in total. The average molecular weight is 354 g/mol. The maximum Gasteiger partial charge on any atom is 0.276 e. The number of hydrogen-bond donors (Lipinski definition) is 2. The smallest absolute Gasteiger partial charge is 0.276 e. The van der Waals surface area contributed by atoms with Crippen molar-refractivity contribution in [2.45, 2.75) is 45.7 Å². The van der Waals surface area contributed by atoms with Gasteiger partial charge in [0.05, 0.1) is 0 Å². The third-order valence-corrected chi connectivity index (χ3v) is 4.20. The van der Waals surface area contributed by atoms with E-state index >= 15 is 0 Å². The molecule has 2 amide bonds. The summed E-state index contributed by atoms with van der Waals surface area (Å²) in [6.45, 7) is 4.24. The van der Waals surface area contributed by atoms with Crippen molar-refractivity contribution in [2.24, 2.45) is 0 Å². The first-order valence-electron chi connectivity index (χ1n) is 8.79. The number of anilines is 1. The Labute approximate surface area is 151 Å². The largest absolute Gasteiger partial charge is 0.349 e. The van der Waals surface area contributed by atoms with Crippen LogP contribution < -0.4 is 16.2 Å². The fourth-order valence-electron chi connectivity index (χ4n) is 2.52. The van der Waals surface area contributed by atoms with Crippen molar-refractivity contribution in [3.8, 4) is 0 Å². The summed E-state index contributed by atoms with van der Waals surface area (Å²) in [5.41, 5.74) is 1.81. The average Bonchev–Trinajstić information content (AvgIpc) is 3.42. The highest BCUT2D eigenvalue weighted by Gasteiger charge is 2.24. The molecule has 0 spiro atoms. The van der Waals surface area contributed by atoms with Crippen LogP contribution in [0.5, 0.6) is 0 Å². The van der Waals surface area contributed by atoms with Gasteiger partial charge in [-0.05, 0) is 49.9 Å². The Kier molecular flexibility index (Phi) is 5.16. The molecule has 1 fully saturated rings. The SMILES string of the molecule is CCCn1nc(C(=O)Nc2cc(C(=O)NC3CC3)ccc2C)ccc1=O. The molecule has 2 aromatic rings. The number of amides is 2. The molecule has 0 saturated heterocycles. The van der Waals surface area contributed by atoms with E-state index in [0.717, 1.165) is 24.8 Å². The molecule has 7 nitrogen and oxygen atoms in total. The zero-order chi connectivity index (χ0) is 18.7. The molecule has 1 aliphatic carbocycles. The van der Waals surface area contributed by atoms with Crippen LogP contribution in [-0.4, -0.2) is 27.6 Å². The van der Waals surface area contributed by atoms with E-state index in [1.807, 2.05) is 13.8 Å². The minimum Gasteiger partial charge on any atom is -0.349 e. The van der Waals surface area contributed by atoms with Crippen LogP contribution in [0, 0.1) is 6.92 Å². The standard InChI is InChI=1S/C19H22N4O3/c1-3-10-23-17(24)9-8-15(22-23)19(26)21-16-11-13(5-4-12(16)2)18(25)20-14-6-7-14/h4-5,8-9,11,14H,3,6-7,10H2,1-2H3,(H,20,25)(H,21,26). The monoisotopic (exact) mass is 354 g/mol. The minimum absolute atomic E-state index is 0.141. The van der Waals surface area contributed by atoms with Crippen molar-refractivity contribution < 1.29 is 9.59 Å². The fraction of sp³-hybridized carbons (Fsp3) is 0.368. The van der Waals surface area contributed by atoms with Crippen LogP contribution in [-0.2, 0) is 6.54 Å². The van der Waals surface area contributed by atoms with Crippen molar-refractivity contribution >= 4 is 17.5 Å². The molecule has 0 aliphatic heterocycles. The van der Waals surface area contributed by atoms with E-state index in [2.05, 4.69) is 15.7 Å². The van der Waals surface area contributed by atoms with Crippen molar-refractivity contribution in [1.82, 2.24) is 15.1 Å². The van der Waals surface area contributed by atoms with Crippen molar-refractivity contribution in [1.29, 1.82) is 0 Å². The molecule has 1 saturated carbocycles. The Hall–Kier alpha value is -2.96. The predicted octanol–water partition coefficient (Wildman–Crippen LogP) is 2.11. The molecular weight excluding hydrogens is 332 g/mol. The quantitative estimate of drug-likeness (QED) is 0.831. The molecular formula is C19H22N4O3. The summed E-state index contributed by atoms with van der Waals surface area (Å²) in [5.74, 6) is -0.560. The van der Waals surface area contributed by atoms with Gasteiger partial charge < -0.3 is 10.6 Å². The zero-order valence-corrected chi connectivity index (χ0v) is 14.9. The Bertz CT molecular complexity index is 900. The number of rotatable bonds is 6. The number of nitrogens with zero attached hydrogens (tertiary/aromatic N) is 2. The van der Waals surface area contributed by atoms with Crippen molar-refractivity contribution in [2.75, 3.05) is 5.32 Å². The second-order valence-corrected chi connectivity index (χ2v) is 6.51. The van der Waals surface area contributed by atoms with Gasteiger partial charge in [-0.2, -0.15) is 5.10 Å². The van der Waals surface area contributed by atoms with Gasteiger partial charge in [0.25, 0.3) is 17.4 Å². The van der Waals surface area contributed by atoms with E-state index in [0.29, 0.717) is 17.8 Å². The predicted molar refractivity (Wildman–Crippen MR) is 98.4 cm³/mol. The van der Waals surface area contributed by atoms with Crippen LogP contribution in [0.4, 0.5) is 5.69 Å². The Morgan fingerprint density at radius 3 is 2.65 bits per heavy atom. The van der Waals surface area contributed by atoms with E-state index in [-0.39, 0.29) is 23.2 Å². The number of aromatic nitrogens is 2. The summed E-state index contributed by atoms with van der Waals surface area (Å²) >= 11 is 0. The van der Waals surface area contributed by atoms with Crippen LogP contribution in [0.1, 0.15) is 52.6 Å². The first-order valence-corrected chi connectivity index (χ1v) is 8.79. The Morgan fingerprint density at radius 1 is 1.19 bits per heavy atom. The van der Waals surface area contributed by atoms with Gasteiger partial charge in [0.2, 0.25) is 0 Å². The Morgan fingerprint density at radius 2 is 1.96 bits per heavy atom.